The summed E-state index contributed by atoms with van der Waals surface area (Å²) in [6.07, 6.45) is 2.15. The minimum Gasteiger partial charge on any atom is -0.457 e. The van der Waals surface area contributed by atoms with Gasteiger partial charge in [0.25, 0.3) is 11.6 Å². The van der Waals surface area contributed by atoms with Crippen molar-refractivity contribution >= 4 is 46.5 Å². The van der Waals surface area contributed by atoms with Crippen LogP contribution < -0.4 is 20.8 Å². The van der Waals surface area contributed by atoms with E-state index in [-0.39, 0.29) is 26.7 Å². The van der Waals surface area contributed by atoms with Gasteiger partial charge in [0.15, 0.2) is 11.9 Å². The first-order chi connectivity index (χ1) is 13.4. The second kappa shape index (κ2) is 9.01. The molecule has 0 spiro atoms. The summed E-state index contributed by atoms with van der Waals surface area (Å²) in [5.41, 5.74) is 6.58. The number of halogens is 2. The molecule has 7 nitrogen and oxygen atoms in total. The van der Waals surface area contributed by atoms with Crippen LogP contribution in [0.5, 0.6) is 11.5 Å². The van der Waals surface area contributed by atoms with Crippen molar-refractivity contribution in [3.05, 3.63) is 68.9 Å². The number of hydrogen-bond acceptors (Lipinski definition) is 5. The first-order valence-electron chi connectivity index (χ1n) is 8.11. The molecule has 0 saturated heterocycles. The molecule has 0 bridgehead atoms. The Hall–Kier alpha value is -2.68. The number of carbonyl (C=O) groups excluding carboxylic acids is 2. The van der Waals surface area contributed by atoms with Gasteiger partial charge in [-0.25, -0.2) is 4.98 Å². The van der Waals surface area contributed by atoms with Gasteiger partial charge in [0.05, 0.1) is 6.07 Å². The van der Waals surface area contributed by atoms with Crippen LogP contribution in [0.4, 0.5) is 0 Å². The molecule has 0 unspecified atom stereocenters. The van der Waals surface area contributed by atoms with Crippen molar-refractivity contribution < 1.29 is 19.3 Å². The van der Waals surface area contributed by atoms with Crippen LogP contribution in [0.25, 0.3) is 0 Å². The lowest BCUT2D eigenvalue weighted by Gasteiger charge is -2.08. The van der Waals surface area contributed by atoms with Gasteiger partial charge < -0.3 is 15.8 Å². The number of amides is 2. The number of aromatic amines is 1. The summed E-state index contributed by atoms with van der Waals surface area (Å²) in [6, 6.07) is 10.6. The Balaban J connectivity index is 1.59. The van der Waals surface area contributed by atoms with Crippen molar-refractivity contribution in [1.82, 2.24) is 9.69 Å². The highest BCUT2D eigenvalue weighted by Crippen LogP contribution is 2.29. The number of nitrogens with zero attached hydrogens (tertiary/aromatic N) is 1. The van der Waals surface area contributed by atoms with Crippen LogP contribution in [0.1, 0.15) is 26.5 Å². The number of primary amides is 1. The number of benzene rings is 1. The lowest BCUT2D eigenvalue weighted by Crippen LogP contribution is -2.26. The molecule has 0 saturated carbocycles. The maximum Gasteiger partial charge on any atom is 0.313 e. The van der Waals surface area contributed by atoms with E-state index in [1.165, 1.54) is 6.07 Å². The summed E-state index contributed by atoms with van der Waals surface area (Å²) >= 11 is 12.7. The molecule has 0 aliphatic rings. The van der Waals surface area contributed by atoms with Crippen LogP contribution in [0.2, 0.25) is 9.36 Å². The summed E-state index contributed by atoms with van der Waals surface area (Å²) in [7, 11) is 0. The smallest absolute Gasteiger partial charge is 0.313 e. The Morgan fingerprint density at radius 3 is 2.71 bits per heavy atom. The minimum atomic E-state index is -0.573. The number of aromatic nitrogens is 2. The molecular weight excluding hydrogens is 423 g/mol. The van der Waals surface area contributed by atoms with Crippen molar-refractivity contribution in [2.75, 3.05) is 6.54 Å². The summed E-state index contributed by atoms with van der Waals surface area (Å²) in [5.74, 6) is 0.129. The molecule has 3 rings (SSSR count). The van der Waals surface area contributed by atoms with Gasteiger partial charge in [-0.15, -0.1) is 0 Å². The topological polar surface area (TPSA) is 108 Å². The molecule has 2 amide bonds. The lowest BCUT2D eigenvalue weighted by atomic mass is 10.1. The van der Waals surface area contributed by atoms with E-state index in [4.69, 9.17) is 33.7 Å². The number of ether oxygens (including phenoxy) is 1. The van der Waals surface area contributed by atoms with Gasteiger partial charge in [-0.1, -0.05) is 35.3 Å². The quantitative estimate of drug-likeness (QED) is 0.591. The lowest BCUT2D eigenvalue weighted by molar-refractivity contribution is -0.382. The summed E-state index contributed by atoms with van der Waals surface area (Å²) in [6.45, 7) is 0.389. The van der Waals surface area contributed by atoms with Gasteiger partial charge in [-0.2, -0.15) is 4.37 Å². The predicted octanol–water partition coefficient (Wildman–Crippen LogP) is 3.13. The molecule has 10 heteroatoms. The van der Waals surface area contributed by atoms with Crippen molar-refractivity contribution in [3.63, 3.8) is 0 Å². The molecule has 28 heavy (non-hydrogen) atoms. The SMILES string of the molecule is NC(=O)c1cc(Oc2cccc(CCNC(=O)c3nsc(Cl)c3Cl)c2)cc[nH+]1. The van der Waals surface area contributed by atoms with Gasteiger partial charge in [0.2, 0.25) is 0 Å². The standard InChI is InChI=1S/C18H14Cl2N4O3S/c19-14-15(24-28-16(14)20)18(26)23-6-4-10-2-1-3-11(8-10)27-12-5-7-22-13(9-12)17(21)25/h1-3,5,7-9H,4,6H2,(H2,21,25)(H,23,26)/p+1. The fourth-order valence-corrected chi connectivity index (χ4v) is 3.35. The Morgan fingerprint density at radius 2 is 2.00 bits per heavy atom. The molecular formula is C18H15Cl2N4O3S+. The van der Waals surface area contributed by atoms with E-state index in [1.54, 1.807) is 18.3 Å². The molecule has 4 N–H and O–H groups in total. The maximum atomic E-state index is 12.1. The van der Waals surface area contributed by atoms with Crippen molar-refractivity contribution in [2.45, 2.75) is 6.42 Å². The van der Waals surface area contributed by atoms with Crippen molar-refractivity contribution in [1.29, 1.82) is 0 Å². The van der Waals surface area contributed by atoms with Crippen LogP contribution in [0, 0.1) is 0 Å². The average molecular weight is 438 g/mol. The highest BCUT2D eigenvalue weighted by Gasteiger charge is 2.17. The number of rotatable bonds is 7. The van der Waals surface area contributed by atoms with Crippen molar-refractivity contribution in [2.24, 2.45) is 5.73 Å². The molecule has 0 radical (unpaired) electrons. The number of nitrogens with two attached hydrogens (primary N) is 1. The van der Waals surface area contributed by atoms with Crippen LogP contribution in [0.15, 0.2) is 42.6 Å². The molecule has 3 aromatic rings. The van der Waals surface area contributed by atoms with Crippen molar-refractivity contribution in [3.8, 4) is 11.5 Å². The highest BCUT2D eigenvalue weighted by atomic mass is 35.5. The predicted molar refractivity (Wildman–Crippen MR) is 106 cm³/mol. The third-order valence-corrected chi connectivity index (χ3v) is 5.30. The largest absolute Gasteiger partial charge is 0.457 e. The Labute approximate surface area is 174 Å². The molecule has 2 aromatic heterocycles. The van der Waals surface area contributed by atoms with Crippen LogP contribution >= 0.6 is 34.7 Å². The van der Waals surface area contributed by atoms with Gasteiger partial charge in [-0.3, -0.25) is 9.59 Å². The second-order valence-corrected chi connectivity index (χ2v) is 7.43. The van der Waals surface area contributed by atoms with E-state index >= 15 is 0 Å². The Kier molecular flexibility index (Phi) is 6.45. The van der Waals surface area contributed by atoms with E-state index in [2.05, 4.69) is 14.7 Å². The van der Waals surface area contributed by atoms with E-state index < -0.39 is 5.91 Å². The van der Waals surface area contributed by atoms with E-state index in [9.17, 15) is 9.59 Å². The summed E-state index contributed by atoms with van der Waals surface area (Å²) in [4.78, 5) is 26.1. The first kappa shape index (κ1) is 20.1. The minimum absolute atomic E-state index is 0.125. The first-order valence-corrected chi connectivity index (χ1v) is 9.64. The van der Waals surface area contributed by atoms with E-state index in [0.29, 0.717) is 24.5 Å². The number of pyridine rings is 1. The van der Waals surface area contributed by atoms with Gasteiger partial charge in [-0.05, 0) is 35.6 Å². The van der Waals surface area contributed by atoms with E-state index in [1.807, 2.05) is 18.2 Å². The van der Waals surface area contributed by atoms with E-state index in [0.717, 1.165) is 17.1 Å². The highest BCUT2D eigenvalue weighted by molar-refractivity contribution is 7.11. The Morgan fingerprint density at radius 1 is 1.21 bits per heavy atom. The summed E-state index contributed by atoms with van der Waals surface area (Å²) in [5, 5.41) is 2.92. The van der Waals surface area contributed by atoms with Crippen LogP contribution in [-0.4, -0.2) is 22.7 Å². The maximum absolute atomic E-state index is 12.1. The monoisotopic (exact) mass is 437 g/mol. The zero-order valence-electron chi connectivity index (χ0n) is 14.4. The number of H-pyrrole nitrogens is 1. The summed E-state index contributed by atoms with van der Waals surface area (Å²) < 4.78 is 9.99. The molecule has 0 atom stereocenters. The normalized spacial score (nSPS) is 10.5. The number of carbonyl (C=O) groups is 2. The number of hydrogen-bond donors (Lipinski definition) is 2. The Bertz CT molecular complexity index is 1030. The fraction of sp³-hybridized carbons (Fsp3) is 0.111. The second-order valence-electron chi connectivity index (χ2n) is 5.68. The third-order valence-electron chi connectivity index (χ3n) is 3.68. The molecule has 0 fully saturated rings. The molecule has 2 heterocycles. The van der Waals surface area contributed by atoms with Gasteiger partial charge >= 0.3 is 5.91 Å². The fourth-order valence-electron chi connectivity index (χ4n) is 2.36. The molecule has 0 aliphatic carbocycles. The van der Waals surface area contributed by atoms with Gasteiger partial charge in [0.1, 0.15) is 20.9 Å². The number of nitrogens with one attached hydrogen (secondary N) is 2. The zero-order chi connectivity index (χ0) is 20.1. The van der Waals surface area contributed by atoms with Crippen LogP contribution in [0.3, 0.4) is 0 Å². The molecule has 144 valence electrons. The average Bonchev–Trinajstić information content (AvgIpc) is 3.01. The van der Waals surface area contributed by atoms with Crippen LogP contribution in [-0.2, 0) is 6.42 Å². The van der Waals surface area contributed by atoms with Gasteiger partial charge in [0, 0.05) is 12.6 Å². The molecule has 0 aliphatic heterocycles. The third kappa shape index (κ3) is 4.98. The molecule has 1 aromatic carbocycles. The zero-order valence-corrected chi connectivity index (χ0v) is 16.7.